The van der Waals surface area contributed by atoms with Crippen LogP contribution in [0.1, 0.15) is 15.9 Å². The van der Waals surface area contributed by atoms with Crippen LogP contribution in [-0.2, 0) is 26.1 Å². The van der Waals surface area contributed by atoms with Gasteiger partial charge in [-0.25, -0.2) is 21.2 Å². The molecule has 0 aromatic heterocycles. The Kier molecular flexibility index (Phi) is 7.83. The van der Waals surface area contributed by atoms with E-state index in [2.05, 4.69) is 5.32 Å². The molecule has 14 heteroatoms. The Morgan fingerprint density at radius 3 is 2.19 bits per heavy atom. The largest absolute Gasteiger partial charge is 0.507 e. The molecule has 0 saturated heterocycles. The average Bonchev–Trinajstić information content (AvgIpc) is 2.80. The van der Waals surface area contributed by atoms with Gasteiger partial charge in [0.05, 0.1) is 11.5 Å². The molecule has 0 heterocycles. The molecule has 0 bridgehead atoms. The molecule has 0 unspecified atom stereocenters. The summed E-state index contributed by atoms with van der Waals surface area (Å²) >= 11 is 0. The zero-order valence-electron chi connectivity index (χ0n) is 18.9. The Morgan fingerprint density at radius 2 is 1.62 bits per heavy atom. The summed E-state index contributed by atoms with van der Waals surface area (Å²) in [5.41, 5.74) is -5.03. The molecule has 0 atom stereocenters. The molecule has 0 aliphatic heterocycles. The van der Waals surface area contributed by atoms with Gasteiger partial charge in [-0.05, 0) is 54.1 Å². The van der Waals surface area contributed by atoms with Crippen LogP contribution in [0, 0.1) is 5.82 Å². The van der Waals surface area contributed by atoms with Gasteiger partial charge in [0.15, 0.2) is 21.4 Å². The lowest BCUT2D eigenvalue weighted by atomic mass is 10.1. The number of phenolic OH excluding ortho intramolecular Hbond substituents is 1. The lowest BCUT2D eigenvalue weighted by Gasteiger charge is -2.11. The first-order chi connectivity index (χ1) is 17.1. The molecule has 3 aromatic rings. The number of ether oxygens (including phenoxy) is 1. The molecular formula is C23H19F4NO7S2. The Hall–Kier alpha value is -3.65. The van der Waals surface area contributed by atoms with Crippen LogP contribution in [0.2, 0.25) is 0 Å². The maximum atomic E-state index is 14.5. The van der Waals surface area contributed by atoms with Crippen molar-refractivity contribution in [3.8, 4) is 11.5 Å². The van der Waals surface area contributed by atoms with Crippen LogP contribution in [0.4, 0.5) is 23.2 Å². The minimum absolute atomic E-state index is 0.0537. The summed E-state index contributed by atoms with van der Waals surface area (Å²) in [7, 11) is -9.22. The van der Waals surface area contributed by atoms with Gasteiger partial charge in [0.1, 0.15) is 10.6 Å². The number of anilines is 1. The molecule has 0 aliphatic rings. The number of alkyl halides is 3. The third-order valence-corrected chi connectivity index (χ3v) is 7.63. The van der Waals surface area contributed by atoms with Crippen LogP contribution in [0.15, 0.2) is 70.5 Å². The smallest absolute Gasteiger partial charge is 0.501 e. The number of phenols is 1. The molecule has 2 N–H and O–H groups in total. The van der Waals surface area contributed by atoms with E-state index < -0.39 is 52.4 Å². The van der Waals surface area contributed by atoms with Crippen molar-refractivity contribution in [3.63, 3.8) is 0 Å². The first-order valence-electron chi connectivity index (χ1n) is 10.3. The molecule has 1 amide bonds. The van der Waals surface area contributed by atoms with Crippen molar-refractivity contribution in [1.29, 1.82) is 0 Å². The van der Waals surface area contributed by atoms with Crippen LogP contribution in [0.5, 0.6) is 11.5 Å². The van der Waals surface area contributed by atoms with E-state index in [9.17, 15) is 44.3 Å². The van der Waals surface area contributed by atoms with E-state index in [0.29, 0.717) is 5.56 Å². The monoisotopic (exact) mass is 561 g/mol. The maximum absolute atomic E-state index is 14.5. The quantitative estimate of drug-likeness (QED) is 0.313. The van der Waals surface area contributed by atoms with Crippen molar-refractivity contribution < 1.29 is 49.0 Å². The van der Waals surface area contributed by atoms with Gasteiger partial charge in [-0.3, -0.25) is 4.79 Å². The van der Waals surface area contributed by atoms with E-state index in [1.54, 1.807) is 0 Å². The van der Waals surface area contributed by atoms with Crippen molar-refractivity contribution in [1.82, 2.24) is 0 Å². The molecule has 0 spiro atoms. The summed E-state index contributed by atoms with van der Waals surface area (Å²) in [5, 5.41) is 12.1. The van der Waals surface area contributed by atoms with Gasteiger partial charge in [0, 0.05) is 23.9 Å². The van der Waals surface area contributed by atoms with Crippen LogP contribution in [-0.4, -0.2) is 46.2 Å². The Bertz CT molecular complexity index is 1540. The lowest BCUT2D eigenvalue weighted by Crippen LogP contribution is -2.23. The third-order valence-electron chi connectivity index (χ3n) is 5.00. The highest BCUT2D eigenvalue weighted by Gasteiger charge is 2.46. The van der Waals surface area contributed by atoms with Crippen molar-refractivity contribution in [2.45, 2.75) is 21.7 Å². The van der Waals surface area contributed by atoms with Gasteiger partial charge < -0.3 is 15.2 Å². The maximum Gasteiger partial charge on any atom is 0.501 e. The van der Waals surface area contributed by atoms with Crippen LogP contribution < -0.4 is 10.1 Å². The molecule has 8 nitrogen and oxygen atoms in total. The highest BCUT2D eigenvalue weighted by atomic mass is 32.2. The van der Waals surface area contributed by atoms with E-state index >= 15 is 0 Å². The third kappa shape index (κ3) is 6.57. The molecule has 198 valence electrons. The number of halogens is 4. The van der Waals surface area contributed by atoms with Crippen LogP contribution >= 0.6 is 0 Å². The average molecular weight is 562 g/mol. The minimum atomic E-state index is -5.46. The molecule has 0 saturated carbocycles. The number of carbonyl (C=O) groups is 1. The van der Waals surface area contributed by atoms with Gasteiger partial charge in [-0.2, -0.15) is 13.2 Å². The molecule has 3 rings (SSSR count). The summed E-state index contributed by atoms with van der Waals surface area (Å²) in [6.07, 6.45) is 1.01. The molecule has 0 radical (unpaired) electrons. The van der Waals surface area contributed by atoms with E-state index in [-0.39, 0.29) is 30.0 Å². The van der Waals surface area contributed by atoms with Crippen molar-refractivity contribution >= 4 is 31.3 Å². The van der Waals surface area contributed by atoms with Crippen molar-refractivity contribution in [3.05, 3.63) is 77.6 Å². The van der Waals surface area contributed by atoms with E-state index in [0.717, 1.165) is 36.6 Å². The first-order valence-corrected chi connectivity index (χ1v) is 13.6. The first kappa shape index (κ1) is 27.9. The van der Waals surface area contributed by atoms with Crippen LogP contribution in [0.25, 0.3) is 0 Å². The van der Waals surface area contributed by atoms with E-state index in [4.69, 9.17) is 4.74 Å². The molecule has 0 fully saturated rings. The number of rotatable bonds is 8. The highest BCUT2D eigenvalue weighted by Crippen LogP contribution is 2.30. The number of hydrogen-bond donors (Lipinski definition) is 2. The fourth-order valence-electron chi connectivity index (χ4n) is 3.10. The van der Waals surface area contributed by atoms with E-state index in [1.165, 1.54) is 30.3 Å². The topological polar surface area (TPSA) is 127 Å². The number of nitrogens with one attached hydrogen (secondary N) is 1. The standard InChI is InChI=1S/C23H19F4NO7S2/c1-36(31,32)21-13-16(5-8-19(21)29)28-22(30)15-4-9-20(18(24)12-15)35-11-10-14-2-6-17(7-3-14)37(33,34)23(25,26)27/h2-9,12-13,29H,10-11H2,1H3,(H,28,30). The normalized spacial score (nSPS) is 12.2. The summed E-state index contributed by atoms with van der Waals surface area (Å²) < 4.78 is 104. The molecular weight excluding hydrogens is 542 g/mol. The highest BCUT2D eigenvalue weighted by molar-refractivity contribution is 7.92. The van der Waals surface area contributed by atoms with Gasteiger partial charge in [0.25, 0.3) is 15.7 Å². The predicted octanol–water partition coefficient (Wildman–Crippen LogP) is 4.10. The van der Waals surface area contributed by atoms with Gasteiger partial charge >= 0.3 is 5.51 Å². The van der Waals surface area contributed by atoms with Gasteiger partial charge in [-0.1, -0.05) is 12.1 Å². The zero-order valence-corrected chi connectivity index (χ0v) is 20.5. The van der Waals surface area contributed by atoms with E-state index in [1.807, 2.05) is 0 Å². The number of sulfone groups is 2. The Balaban J connectivity index is 1.62. The fourth-order valence-corrected chi connectivity index (χ4v) is 4.65. The second-order valence-corrected chi connectivity index (χ2v) is 11.7. The minimum Gasteiger partial charge on any atom is -0.507 e. The summed E-state index contributed by atoms with van der Waals surface area (Å²) in [4.78, 5) is 11.1. The molecule has 3 aromatic carbocycles. The summed E-state index contributed by atoms with van der Waals surface area (Å²) in [6.45, 7) is -0.102. The van der Waals surface area contributed by atoms with Gasteiger partial charge in [0.2, 0.25) is 0 Å². The second kappa shape index (κ2) is 10.4. The zero-order chi connectivity index (χ0) is 27.6. The van der Waals surface area contributed by atoms with Crippen molar-refractivity contribution in [2.75, 3.05) is 18.2 Å². The van der Waals surface area contributed by atoms with Gasteiger partial charge in [-0.15, -0.1) is 0 Å². The summed E-state index contributed by atoms with van der Waals surface area (Å²) in [5.74, 6) is -2.35. The number of amides is 1. The Morgan fingerprint density at radius 1 is 0.973 bits per heavy atom. The Labute approximate surface area is 209 Å². The van der Waals surface area contributed by atoms with Crippen molar-refractivity contribution in [2.24, 2.45) is 0 Å². The second-order valence-electron chi connectivity index (χ2n) is 7.75. The molecule has 0 aliphatic carbocycles. The van der Waals surface area contributed by atoms with Crippen LogP contribution in [0.3, 0.4) is 0 Å². The lowest BCUT2D eigenvalue weighted by molar-refractivity contribution is -0.0436. The number of aromatic hydroxyl groups is 1. The number of hydrogen-bond acceptors (Lipinski definition) is 7. The summed E-state index contributed by atoms with van der Waals surface area (Å²) in [6, 6.07) is 10.7. The molecule has 37 heavy (non-hydrogen) atoms. The number of benzene rings is 3. The predicted molar refractivity (Wildman–Crippen MR) is 124 cm³/mol. The SMILES string of the molecule is CS(=O)(=O)c1cc(NC(=O)c2ccc(OCCc3ccc(S(=O)(=O)C(F)(F)F)cc3)c(F)c2)ccc1O. The fraction of sp³-hybridized carbons (Fsp3) is 0.174. The number of carbonyl (C=O) groups excluding carboxylic acids is 1.